The highest BCUT2D eigenvalue weighted by atomic mass is 16.5. The fourth-order valence-corrected chi connectivity index (χ4v) is 3.31. The third-order valence-electron chi connectivity index (χ3n) is 4.89. The fraction of sp³-hybridized carbons (Fsp3) is 0.750. The van der Waals surface area contributed by atoms with E-state index in [-0.39, 0.29) is 17.7 Å². The minimum Gasteiger partial charge on any atom is -0.373 e. The molecule has 0 radical (unpaired) electrons. The van der Waals surface area contributed by atoms with E-state index in [1.54, 1.807) is 0 Å². The number of carbonyl (C=O) groups is 1. The lowest BCUT2D eigenvalue weighted by molar-refractivity contribution is 0.0484. The molecule has 2 fully saturated rings. The number of piperidine rings is 1. The Balaban J connectivity index is 1.46. The molecule has 2 atom stereocenters. The molecule has 2 amide bonds. The number of ether oxygens (including phenoxy) is 1. The Hall–Kier alpha value is -1.56. The molecular formula is C16H26N4O2. The molecule has 1 saturated carbocycles. The first-order chi connectivity index (χ1) is 10.5. The highest BCUT2D eigenvalue weighted by Gasteiger charge is 2.52. The quantitative estimate of drug-likeness (QED) is 0.924. The Morgan fingerprint density at radius 2 is 2.23 bits per heavy atom. The molecule has 0 aromatic carbocycles. The van der Waals surface area contributed by atoms with Crippen LogP contribution in [0.3, 0.4) is 0 Å². The lowest BCUT2D eigenvalue weighted by atomic mass is 9.94. The standard InChI is InChI=1S/C16H26N4O2/c1-4-22-16(2)11-14(16)17-15(21)20-9-5-12(6-10-20)13-7-8-19(3)18-13/h7-8,12,14H,4-6,9-11H2,1-3H3,(H,17,21)/t14-,16+/m1/s1. The van der Waals surface area contributed by atoms with Gasteiger partial charge >= 0.3 is 6.03 Å². The molecule has 1 aromatic heterocycles. The normalized spacial score (nSPS) is 28.7. The van der Waals surface area contributed by atoms with Crippen molar-refractivity contribution >= 4 is 6.03 Å². The number of nitrogens with zero attached hydrogens (tertiary/aromatic N) is 3. The van der Waals surface area contributed by atoms with Gasteiger partial charge in [0.2, 0.25) is 0 Å². The molecule has 3 rings (SSSR count). The van der Waals surface area contributed by atoms with Crippen molar-refractivity contribution in [3.63, 3.8) is 0 Å². The first kappa shape index (κ1) is 15.3. The average molecular weight is 306 g/mol. The summed E-state index contributed by atoms with van der Waals surface area (Å²) in [6.07, 6.45) is 4.86. The zero-order valence-electron chi connectivity index (χ0n) is 13.7. The molecule has 6 nitrogen and oxygen atoms in total. The molecule has 2 aliphatic rings. The Bertz CT molecular complexity index is 536. The molecule has 0 unspecified atom stereocenters. The summed E-state index contributed by atoms with van der Waals surface area (Å²) in [4.78, 5) is 14.2. The van der Waals surface area contributed by atoms with E-state index < -0.39 is 0 Å². The largest absolute Gasteiger partial charge is 0.373 e. The molecule has 1 saturated heterocycles. The number of likely N-dealkylation sites (tertiary alicyclic amines) is 1. The van der Waals surface area contributed by atoms with Crippen LogP contribution in [0.4, 0.5) is 4.79 Å². The molecule has 22 heavy (non-hydrogen) atoms. The number of hydrogen-bond acceptors (Lipinski definition) is 3. The smallest absolute Gasteiger partial charge is 0.317 e. The summed E-state index contributed by atoms with van der Waals surface area (Å²) < 4.78 is 7.52. The van der Waals surface area contributed by atoms with Crippen LogP contribution in [0.25, 0.3) is 0 Å². The SMILES string of the molecule is CCO[C@@]1(C)C[C@H]1NC(=O)N1CCC(c2ccn(C)n2)CC1. The number of aromatic nitrogens is 2. The molecular weight excluding hydrogens is 280 g/mol. The predicted octanol–water partition coefficient (Wildman–Crippen LogP) is 1.88. The number of nitrogens with one attached hydrogen (secondary N) is 1. The molecule has 0 bridgehead atoms. The molecule has 122 valence electrons. The van der Waals surface area contributed by atoms with E-state index in [0.29, 0.717) is 12.5 Å². The highest BCUT2D eigenvalue weighted by molar-refractivity contribution is 5.75. The van der Waals surface area contributed by atoms with Crippen molar-refractivity contribution in [3.05, 3.63) is 18.0 Å². The average Bonchev–Trinajstić information content (AvgIpc) is 2.92. The van der Waals surface area contributed by atoms with Gasteiger partial charge in [-0.15, -0.1) is 0 Å². The van der Waals surface area contributed by atoms with E-state index in [2.05, 4.69) is 23.4 Å². The number of urea groups is 1. The molecule has 0 spiro atoms. The van der Waals surface area contributed by atoms with Crippen molar-refractivity contribution < 1.29 is 9.53 Å². The summed E-state index contributed by atoms with van der Waals surface area (Å²) in [5.74, 6) is 0.472. The van der Waals surface area contributed by atoms with Crippen LogP contribution < -0.4 is 5.32 Å². The Morgan fingerprint density at radius 3 is 2.82 bits per heavy atom. The molecule has 1 aliphatic carbocycles. The fourth-order valence-electron chi connectivity index (χ4n) is 3.31. The summed E-state index contributed by atoms with van der Waals surface area (Å²) in [7, 11) is 1.94. The molecule has 1 aliphatic heterocycles. The van der Waals surface area contributed by atoms with E-state index in [4.69, 9.17) is 4.74 Å². The third-order valence-corrected chi connectivity index (χ3v) is 4.89. The van der Waals surface area contributed by atoms with E-state index in [9.17, 15) is 4.79 Å². The maximum absolute atomic E-state index is 12.3. The lowest BCUT2D eigenvalue weighted by Gasteiger charge is -2.31. The van der Waals surface area contributed by atoms with Crippen LogP contribution in [0.15, 0.2) is 12.3 Å². The number of hydrogen-bond donors (Lipinski definition) is 1. The Kier molecular flexibility index (Phi) is 4.12. The highest BCUT2D eigenvalue weighted by Crippen LogP contribution is 2.39. The number of rotatable bonds is 4. The Labute approximate surface area is 131 Å². The van der Waals surface area contributed by atoms with Crippen molar-refractivity contribution in [2.24, 2.45) is 7.05 Å². The van der Waals surface area contributed by atoms with Crippen molar-refractivity contribution in [1.29, 1.82) is 0 Å². The van der Waals surface area contributed by atoms with Crippen molar-refractivity contribution in [2.45, 2.75) is 50.7 Å². The van der Waals surface area contributed by atoms with Gasteiger partial charge in [-0.2, -0.15) is 5.10 Å². The maximum Gasteiger partial charge on any atom is 0.317 e. The Morgan fingerprint density at radius 1 is 1.50 bits per heavy atom. The minimum absolute atomic E-state index is 0.0490. The zero-order chi connectivity index (χ0) is 15.7. The summed E-state index contributed by atoms with van der Waals surface area (Å²) in [5.41, 5.74) is 0.991. The number of amides is 2. The topological polar surface area (TPSA) is 59.4 Å². The summed E-state index contributed by atoms with van der Waals surface area (Å²) in [5, 5.41) is 7.58. The predicted molar refractivity (Wildman–Crippen MR) is 83.7 cm³/mol. The third kappa shape index (κ3) is 3.11. The second kappa shape index (κ2) is 5.91. The molecule has 1 aromatic rings. The van der Waals surface area contributed by atoms with Crippen LogP contribution in [0, 0.1) is 0 Å². The van der Waals surface area contributed by atoms with E-state index in [1.165, 1.54) is 0 Å². The van der Waals surface area contributed by atoms with Gasteiger partial charge in [0.15, 0.2) is 0 Å². The first-order valence-corrected chi connectivity index (χ1v) is 8.21. The molecule has 6 heteroatoms. The van der Waals surface area contributed by atoms with Crippen molar-refractivity contribution in [1.82, 2.24) is 20.0 Å². The minimum atomic E-state index is -0.156. The van der Waals surface area contributed by atoms with E-state index in [0.717, 1.165) is 38.0 Å². The monoisotopic (exact) mass is 306 g/mol. The van der Waals surface area contributed by atoms with Gasteiger partial charge in [-0.1, -0.05) is 0 Å². The molecule has 1 N–H and O–H groups in total. The maximum atomic E-state index is 12.3. The summed E-state index contributed by atoms with van der Waals surface area (Å²) in [6, 6.07) is 2.29. The van der Waals surface area contributed by atoms with Crippen LogP contribution in [0.2, 0.25) is 0 Å². The zero-order valence-corrected chi connectivity index (χ0v) is 13.7. The van der Waals surface area contributed by atoms with Crippen molar-refractivity contribution in [3.8, 4) is 0 Å². The van der Waals surface area contributed by atoms with Gasteiger partial charge in [-0.3, -0.25) is 4.68 Å². The van der Waals surface area contributed by atoms with Gasteiger partial charge in [-0.05, 0) is 32.8 Å². The number of carbonyl (C=O) groups excluding carboxylic acids is 1. The van der Waals surface area contributed by atoms with Gasteiger partial charge in [-0.25, -0.2) is 4.79 Å². The van der Waals surface area contributed by atoms with E-state index in [1.807, 2.05) is 29.7 Å². The summed E-state index contributed by atoms with van der Waals surface area (Å²) >= 11 is 0. The van der Waals surface area contributed by atoms with Crippen molar-refractivity contribution in [2.75, 3.05) is 19.7 Å². The van der Waals surface area contributed by atoms with Gasteiger partial charge in [0, 0.05) is 45.3 Å². The van der Waals surface area contributed by atoms with Crippen LogP contribution in [0.1, 0.15) is 44.7 Å². The van der Waals surface area contributed by atoms with Crippen LogP contribution in [-0.2, 0) is 11.8 Å². The van der Waals surface area contributed by atoms with Crippen LogP contribution >= 0.6 is 0 Å². The summed E-state index contributed by atoms with van der Waals surface area (Å²) in [6.45, 7) is 6.34. The number of aryl methyl sites for hydroxylation is 1. The van der Waals surface area contributed by atoms with Gasteiger partial charge in [0.1, 0.15) is 0 Å². The van der Waals surface area contributed by atoms with Gasteiger partial charge < -0.3 is 15.0 Å². The second-order valence-corrected chi connectivity index (χ2v) is 6.63. The van der Waals surface area contributed by atoms with Gasteiger partial charge in [0.25, 0.3) is 0 Å². The molecule has 2 heterocycles. The van der Waals surface area contributed by atoms with E-state index >= 15 is 0 Å². The lowest BCUT2D eigenvalue weighted by Crippen LogP contribution is -2.46. The first-order valence-electron chi connectivity index (χ1n) is 8.21. The second-order valence-electron chi connectivity index (χ2n) is 6.63. The van der Waals surface area contributed by atoms with Gasteiger partial charge in [0.05, 0.1) is 17.3 Å². The van der Waals surface area contributed by atoms with Crippen LogP contribution in [0.5, 0.6) is 0 Å². The van der Waals surface area contributed by atoms with Crippen LogP contribution in [-0.4, -0.2) is 52.1 Å².